The highest BCUT2D eigenvalue weighted by molar-refractivity contribution is 6.27. The van der Waals surface area contributed by atoms with E-state index in [1.54, 1.807) is 0 Å². The van der Waals surface area contributed by atoms with Gasteiger partial charge < -0.3 is 20.1 Å². The number of carboxylic acid groups (broad SMARTS) is 2. The van der Waals surface area contributed by atoms with Gasteiger partial charge in [0.25, 0.3) is 0 Å². The molecule has 0 spiro atoms. The number of carbonyl (C=O) groups is 3. The molecule has 0 saturated carbocycles. The molecule has 3 N–H and O–H groups in total. The Morgan fingerprint density at radius 1 is 1.16 bits per heavy atom. The first-order chi connectivity index (χ1) is 11.9. The number of nitrogens with zero attached hydrogens (tertiary/aromatic N) is 1. The van der Waals surface area contributed by atoms with Crippen LogP contribution in [-0.4, -0.2) is 45.6 Å². The van der Waals surface area contributed by atoms with Gasteiger partial charge in [-0.2, -0.15) is 0 Å². The zero-order valence-electron chi connectivity index (χ0n) is 13.9. The molecule has 0 saturated heterocycles. The third-order valence-corrected chi connectivity index (χ3v) is 4.74. The van der Waals surface area contributed by atoms with Gasteiger partial charge in [0.15, 0.2) is 5.78 Å². The van der Waals surface area contributed by atoms with E-state index in [1.165, 1.54) is 22.2 Å². The van der Waals surface area contributed by atoms with Crippen LogP contribution in [0.2, 0.25) is 0 Å². The zero-order valence-corrected chi connectivity index (χ0v) is 13.9. The van der Waals surface area contributed by atoms with Crippen LogP contribution < -0.4 is 5.32 Å². The molecule has 1 atom stereocenters. The fourth-order valence-corrected chi connectivity index (χ4v) is 3.76. The summed E-state index contributed by atoms with van der Waals surface area (Å²) in [6.07, 6.45) is 2.78. The number of aromatic nitrogens is 1. The van der Waals surface area contributed by atoms with Crippen LogP contribution in [0, 0.1) is 0 Å². The Morgan fingerprint density at radius 2 is 1.84 bits per heavy atom. The molecular weight excluding hydrogens is 324 g/mol. The van der Waals surface area contributed by atoms with Gasteiger partial charge in [-0.1, -0.05) is 12.1 Å². The van der Waals surface area contributed by atoms with E-state index < -0.39 is 11.9 Å². The molecule has 0 radical (unpaired) electrons. The Morgan fingerprint density at radius 3 is 2.52 bits per heavy atom. The summed E-state index contributed by atoms with van der Waals surface area (Å²) in [4.78, 5) is 30.4. The molecular formula is C18H20N2O5. The van der Waals surface area contributed by atoms with Gasteiger partial charge in [-0.15, -0.1) is 0 Å². The Kier molecular flexibility index (Phi) is 4.59. The molecule has 2 aromatic rings. The van der Waals surface area contributed by atoms with E-state index in [9.17, 15) is 4.79 Å². The number of para-hydroxylation sites is 1. The maximum absolute atomic E-state index is 12.2. The van der Waals surface area contributed by atoms with Crippen molar-refractivity contribution in [3.8, 4) is 0 Å². The topological polar surface area (TPSA) is 109 Å². The Balaban J connectivity index is 0.000000265. The zero-order chi connectivity index (χ0) is 18.1. The van der Waals surface area contributed by atoms with Crippen molar-refractivity contribution in [2.75, 3.05) is 13.1 Å². The van der Waals surface area contributed by atoms with E-state index in [4.69, 9.17) is 19.8 Å². The highest BCUT2D eigenvalue weighted by Crippen LogP contribution is 2.38. The number of hydrogen-bond acceptors (Lipinski definition) is 4. The van der Waals surface area contributed by atoms with Gasteiger partial charge in [-0.05, 0) is 31.5 Å². The molecule has 0 amide bonds. The summed E-state index contributed by atoms with van der Waals surface area (Å²) in [5.74, 6) is -3.35. The lowest BCUT2D eigenvalue weighted by molar-refractivity contribution is -0.159. The van der Waals surface area contributed by atoms with Crippen molar-refractivity contribution >= 4 is 28.6 Å². The molecule has 1 unspecified atom stereocenters. The van der Waals surface area contributed by atoms with Crippen LogP contribution in [0.3, 0.4) is 0 Å². The molecule has 0 aliphatic carbocycles. The Bertz CT molecular complexity index is 856. The minimum Gasteiger partial charge on any atom is -0.473 e. The second-order valence-corrected chi connectivity index (χ2v) is 6.33. The number of fused-ring (bicyclic) bond motifs is 3. The van der Waals surface area contributed by atoms with E-state index in [0.29, 0.717) is 18.2 Å². The van der Waals surface area contributed by atoms with Crippen molar-refractivity contribution in [1.29, 1.82) is 0 Å². The lowest BCUT2D eigenvalue weighted by Crippen LogP contribution is -2.21. The van der Waals surface area contributed by atoms with E-state index in [2.05, 4.69) is 22.9 Å². The van der Waals surface area contributed by atoms with Crippen molar-refractivity contribution in [3.05, 3.63) is 35.0 Å². The third kappa shape index (κ3) is 3.02. The predicted molar refractivity (Wildman–Crippen MR) is 91.1 cm³/mol. The number of carboxylic acids is 2. The summed E-state index contributed by atoms with van der Waals surface area (Å²) >= 11 is 0. The van der Waals surface area contributed by atoms with Crippen molar-refractivity contribution in [1.82, 2.24) is 9.88 Å². The summed E-state index contributed by atoms with van der Waals surface area (Å²) in [6, 6.07) is 6.51. The summed E-state index contributed by atoms with van der Waals surface area (Å²) in [7, 11) is 0. The average Bonchev–Trinajstić information content (AvgIpc) is 2.71. The van der Waals surface area contributed by atoms with Gasteiger partial charge in [0.05, 0.1) is 5.52 Å². The first kappa shape index (κ1) is 17.2. The van der Waals surface area contributed by atoms with Crippen LogP contribution in [0.1, 0.15) is 41.0 Å². The molecule has 0 bridgehead atoms. The summed E-state index contributed by atoms with van der Waals surface area (Å²) in [5.41, 5.74) is 5.03. The number of aliphatic carboxylic acids is 2. The quantitative estimate of drug-likeness (QED) is 0.627. The smallest absolute Gasteiger partial charge is 0.414 e. The van der Waals surface area contributed by atoms with E-state index in [1.807, 2.05) is 12.1 Å². The summed E-state index contributed by atoms with van der Waals surface area (Å²) in [6.45, 7) is 4.25. The molecule has 2 aliphatic heterocycles. The van der Waals surface area contributed by atoms with Gasteiger partial charge in [0.1, 0.15) is 0 Å². The fraction of sp³-hybridized carbons (Fsp3) is 0.389. The fourth-order valence-electron chi connectivity index (χ4n) is 3.76. The monoisotopic (exact) mass is 344 g/mol. The lowest BCUT2D eigenvalue weighted by atomic mass is 9.97. The van der Waals surface area contributed by atoms with Gasteiger partial charge in [-0.3, -0.25) is 4.79 Å². The molecule has 3 heterocycles. The van der Waals surface area contributed by atoms with Crippen molar-refractivity contribution < 1.29 is 24.6 Å². The highest BCUT2D eigenvalue weighted by atomic mass is 16.4. The Hall–Kier alpha value is -2.67. The van der Waals surface area contributed by atoms with Gasteiger partial charge in [-0.25, -0.2) is 9.59 Å². The molecule has 0 fully saturated rings. The third-order valence-electron chi connectivity index (χ3n) is 4.74. The number of hydrogen-bond donors (Lipinski definition) is 3. The maximum atomic E-state index is 12.2. The summed E-state index contributed by atoms with van der Waals surface area (Å²) in [5, 5.41) is 19.6. The van der Waals surface area contributed by atoms with Crippen LogP contribution in [0.5, 0.6) is 0 Å². The molecule has 25 heavy (non-hydrogen) atoms. The van der Waals surface area contributed by atoms with Crippen LogP contribution in [0.25, 0.3) is 10.9 Å². The highest BCUT2D eigenvalue weighted by Gasteiger charge is 2.29. The Labute approximate surface area is 144 Å². The second kappa shape index (κ2) is 6.68. The van der Waals surface area contributed by atoms with Crippen LogP contribution in [0.15, 0.2) is 18.2 Å². The lowest BCUT2D eigenvalue weighted by Gasteiger charge is -2.24. The molecule has 1 aromatic carbocycles. The normalized spacial score (nSPS) is 18.8. The number of benzene rings is 1. The van der Waals surface area contributed by atoms with E-state index >= 15 is 0 Å². The van der Waals surface area contributed by atoms with Gasteiger partial charge in [0.2, 0.25) is 0 Å². The number of Topliss-reactive ketones (excluding diaryl/α,β-unsaturated/α-hetero) is 1. The van der Waals surface area contributed by atoms with E-state index in [-0.39, 0.29) is 0 Å². The SMILES string of the molecule is CC1CC(=O)c2cccc3c4c(n1c23)CCNCC4.O=C(O)C(=O)O. The van der Waals surface area contributed by atoms with Gasteiger partial charge in [0, 0.05) is 42.1 Å². The van der Waals surface area contributed by atoms with Crippen LogP contribution in [0.4, 0.5) is 0 Å². The van der Waals surface area contributed by atoms with Crippen molar-refractivity contribution in [3.63, 3.8) is 0 Å². The average molecular weight is 344 g/mol. The van der Waals surface area contributed by atoms with Crippen molar-refractivity contribution in [2.45, 2.75) is 32.2 Å². The summed E-state index contributed by atoms with van der Waals surface area (Å²) < 4.78 is 2.44. The predicted octanol–water partition coefficient (Wildman–Crippen LogP) is 1.63. The molecule has 1 aromatic heterocycles. The maximum Gasteiger partial charge on any atom is 0.414 e. The standard InChI is InChI=1S/C16H18N2O.C2H2O4/c1-10-9-15(19)13-4-2-3-12-11-5-7-17-8-6-14(11)18(10)16(12)13;3-1(4)2(5)6/h2-4,10,17H,5-9H2,1H3;(H,3,4)(H,5,6). The van der Waals surface area contributed by atoms with Crippen LogP contribution >= 0.6 is 0 Å². The second-order valence-electron chi connectivity index (χ2n) is 6.33. The number of carbonyl (C=O) groups excluding carboxylic acids is 1. The number of nitrogens with one attached hydrogen (secondary N) is 1. The molecule has 7 nitrogen and oxygen atoms in total. The first-order valence-corrected chi connectivity index (χ1v) is 8.26. The largest absolute Gasteiger partial charge is 0.473 e. The van der Waals surface area contributed by atoms with Gasteiger partial charge >= 0.3 is 11.9 Å². The van der Waals surface area contributed by atoms with E-state index in [0.717, 1.165) is 31.5 Å². The minimum atomic E-state index is -1.82. The minimum absolute atomic E-state index is 0.298. The molecule has 2 aliphatic rings. The van der Waals surface area contributed by atoms with Crippen LogP contribution in [-0.2, 0) is 22.4 Å². The number of ketones is 1. The molecule has 132 valence electrons. The first-order valence-electron chi connectivity index (χ1n) is 8.26. The molecule has 7 heteroatoms. The number of rotatable bonds is 0. The van der Waals surface area contributed by atoms with Crippen molar-refractivity contribution in [2.24, 2.45) is 0 Å². The molecule has 4 rings (SSSR count).